The van der Waals surface area contributed by atoms with E-state index in [1.54, 1.807) is 0 Å². The van der Waals surface area contributed by atoms with E-state index in [2.05, 4.69) is 84.9 Å². The van der Waals surface area contributed by atoms with Gasteiger partial charge in [0.2, 0.25) is 0 Å². The molecule has 0 spiro atoms. The van der Waals surface area contributed by atoms with Crippen molar-refractivity contribution in [2.75, 3.05) is 0 Å². The molecule has 3 heterocycles. The van der Waals surface area contributed by atoms with Crippen molar-refractivity contribution in [2.45, 2.75) is 0 Å². The number of nitrogens with zero attached hydrogens (tertiary/aromatic N) is 3. The second kappa shape index (κ2) is 11.9. The van der Waals surface area contributed by atoms with Gasteiger partial charge in [-0.3, -0.25) is 0 Å². The predicted molar refractivity (Wildman–Crippen MR) is 229 cm³/mol. The SMILES string of the molecule is [2H]c1c([2H])c([2H])c(-c2nc(-c3ccc4c(c3)oc3ccccc34)nc(-c3ccc4oc5cc(-c6ccc7c8ccccc8c8ccccc8c7c6)ccc5c4c3)n2)c([2H])c1[2H]. The topological polar surface area (TPSA) is 65.0 Å². The summed E-state index contributed by atoms with van der Waals surface area (Å²) in [6.07, 6.45) is 0. The first kappa shape index (κ1) is 26.2. The lowest BCUT2D eigenvalue weighted by atomic mass is 9.92. The summed E-state index contributed by atoms with van der Waals surface area (Å²) in [6, 6.07) is 47.0. The third-order valence-corrected chi connectivity index (χ3v) is 10.8. The van der Waals surface area contributed by atoms with Crippen molar-refractivity contribution in [1.29, 1.82) is 0 Å². The van der Waals surface area contributed by atoms with Gasteiger partial charge in [-0.15, -0.1) is 0 Å². The molecule has 0 unspecified atom stereocenters. The molecule has 0 aliphatic heterocycles. The molecule has 0 N–H and O–H groups in total. The van der Waals surface area contributed by atoms with Gasteiger partial charge >= 0.3 is 0 Å². The first-order chi connectivity index (χ1) is 29.8. The number of para-hydroxylation sites is 1. The lowest BCUT2D eigenvalue weighted by molar-refractivity contribution is 0.668. The van der Waals surface area contributed by atoms with Crippen LogP contribution in [0.5, 0.6) is 0 Å². The summed E-state index contributed by atoms with van der Waals surface area (Å²) in [5.74, 6) is 0.479. The third-order valence-electron chi connectivity index (χ3n) is 10.8. The van der Waals surface area contributed by atoms with Crippen LogP contribution in [0.25, 0.3) is 121 Å². The largest absolute Gasteiger partial charge is 0.456 e. The van der Waals surface area contributed by atoms with Crippen molar-refractivity contribution in [3.8, 4) is 45.3 Å². The zero-order valence-electron chi connectivity index (χ0n) is 34.5. The van der Waals surface area contributed by atoms with Crippen LogP contribution in [0.4, 0.5) is 0 Å². The van der Waals surface area contributed by atoms with Crippen LogP contribution in [-0.4, -0.2) is 15.0 Å². The van der Waals surface area contributed by atoms with Crippen molar-refractivity contribution in [2.24, 2.45) is 0 Å². The van der Waals surface area contributed by atoms with Crippen molar-refractivity contribution in [3.63, 3.8) is 0 Å². The van der Waals surface area contributed by atoms with Crippen LogP contribution >= 0.6 is 0 Å². The summed E-state index contributed by atoms with van der Waals surface area (Å²) in [5, 5.41) is 11.0. The third kappa shape index (κ3) is 4.78. The summed E-state index contributed by atoms with van der Waals surface area (Å²) in [4.78, 5) is 14.4. The van der Waals surface area contributed by atoms with E-state index in [4.69, 9.17) is 30.6 Å². The number of hydrogen-bond donors (Lipinski definition) is 0. The maximum absolute atomic E-state index is 8.76. The average molecular weight is 721 g/mol. The van der Waals surface area contributed by atoms with E-state index < -0.39 is 30.2 Å². The Morgan fingerprint density at radius 1 is 0.304 bits per heavy atom. The number of hydrogen-bond acceptors (Lipinski definition) is 5. The highest BCUT2D eigenvalue weighted by Crippen LogP contribution is 2.39. The van der Waals surface area contributed by atoms with E-state index in [1.807, 2.05) is 60.7 Å². The van der Waals surface area contributed by atoms with E-state index in [0.717, 1.165) is 43.8 Å². The molecule has 3 aromatic heterocycles. The minimum atomic E-state index is -0.494. The summed E-state index contributed by atoms with van der Waals surface area (Å²) in [7, 11) is 0. The molecule has 0 saturated heterocycles. The monoisotopic (exact) mass is 720 g/mol. The molecule has 0 saturated carbocycles. The summed E-state index contributed by atoms with van der Waals surface area (Å²) in [6.45, 7) is 0. The molecule has 12 rings (SSSR count). The van der Waals surface area contributed by atoms with Crippen LogP contribution in [0.3, 0.4) is 0 Å². The average Bonchev–Trinajstić information content (AvgIpc) is 3.87. The second-order valence-corrected chi connectivity index (χ2v) is 14.0. The van der Waals surface area contributed by atoms with Crippen molar-refractivity contribution in [3.05, 3.63) is 176 Å². The maximum Gasteiger partial charge on any atom is 0.164 e. The Balaban J connectivity index is 1.00. The minimum Gasteiger partial charge on any atom is -0.456 e. The Labute approximate surface area is 327 Å². The zero-order valence-corrected chi connectivity index (χ0v) is 29.5. The minimum absolute atomic E-state index is 0.0420. The lowest BCUT2D eigenvalue weighted by Crippen LogP contribution is -2.00. The quantitative estimate of drug-likeness (QED) is 0.169. The van der Waals surface area contributed by atoms with Crippen LogP contribution < -0.4 is 0 Å². The van der Waals surface area contributed by atoms with Crippen LogP contribution in [0.2, 0.25) is 0 Å². The van der Waals surface area contributed by atoms with Gasteiger partial charge < -0.3 is 8.83 Å². The number of aromatic nitrogens is 3. The van der Waals surface area contributed by atoms with Gasteiger partial charge in [0, 0.05) is 38.2 Å². The fraction of sp³-hybridized carbons (Fsp3) is 0. The number of fused-ring (bicyclic) bond motifs is 12. The van der Waals surface area contributed by atoms with Gasteiger partial charge in [-0.2, -0.15) is 0 Å². The molecular weight excluding hydrogens is 687 g/mol. The van der Waals surface area contributed by atoms with E-state index >= 15 is 0 Å². The molecule has 0 radical (unpaired) electrons. The van der Waals surface area contributed by atoms with Gasteiger partial charge in [-0.25, -0.2) is 15.0 Å². The molecule has 260 valence electrons. The van der Waals surface area contributed by atoms with E-state index in [9.17, 15) is 0 Å². The molecule has 0 aliphatic carbocycles. The number of benzene rings is 9. The molecule has 0 amide bonds. The molecule has 5 heteroatoms. The van der Waals surface area contributed by atoms with Crippen molar-refractivity contribution in [1.82, 2.24) is 15.0 Å². The van der Waals surface area contributed by atoms with E-state index in [0.29, 0.717) is 22.3 Å². The highest BCUT2D eigenvalue weighted by atomic mass is 16.3. The van der Waals surface area contributed by atoms with Crippen LogP contribution in [-0.2, 0) is 0 Å². The highest BCUT2D eigenvalue weighted by Gasteiger charge is 2.17. The van der Waals surface area contributed by atoms with Crippen molar-refractivity contribution < 1.29 is 15.7 Å². The number of furan rings is 2. The molecule has 0 atom stereocenters. The Morgan fingerprint density at radius 2 is 0.714 bits per heavy atom. The molecule has 56 heavy (non-hydrogen) atoms. The standard InChI is InChI=1S/C51H29N3O2/c1-2-10-30(11-3-1)49-52-50(54-51(53-49)34-20-24-41-40-16-8-9-17-45(40)55-48(41)29-34)33-21-25-46-44(27-33)42-23-19-32(28-47(42)56-46)31-18-22-39-37-14-5-4-12-35(37)36-13-6-7-15-38(36)43(39)26-31/h1-29H/i1D,2D,3D,10D,11D. The lowest BCUT2D eigenvalue weighted by Gasteiger charge is -2.12. The van der Waals surface area contributed by atoms with Gasteiger partial charge in [0.1, 0.15) is 22.3 Å². The fourth-order valence-corrected chi connectivity index (χ4v) is 8.16. The maximum atomic E-state index is 8.76. The predicted octanol–water partition coefficient (Wildman–Crippen LogP) is 13.8. The number of rotatable bonds is 4. The Morgan fingerprint density at radius 3 is 1.39 bits per heavy atom. The molecule has 0 aliphatic rings. The van der Waals surface area contributed by atoms with Crippen LogP contribution in [0.1, 0.15) is 6.85 Å². The Hall–Kier alpha value is -7.63. The van der Waals surface area contributed by atoms with Gasteiger partial charge in [0.15, 0.2) is 17.5 Å². The summed E-state index contributed by atoms with van der Waals surface area (Å²) >= 11 is 0. The van der Waals surface area contributed by atoms with E-state index in [-0.39, 0.29) is 23.0 Å². The molecule has 9 aromatic carbocycles. The molecule has 12 aromatic rings. The van der Waals surface area contributed by atoms with Gasteiger partial charge in [-0.1, -0.05) is 121 Å². The zero-order chi connectivity index (χ0) is 41.1. The first-order valence-electron chi connectivity index (χ1n) is 20.8. The van der Waals surface area contributed by atoms with E-state index in [1.165, 1.54) is 32.3 Å². The summed E-state index contributed by atoms with van der Waals surface area (Å²) < 4.78 is 55.1. The van der Waals surface area contributed by atoms with Gasteiger partial charge in [0.25, 0.3) is 0 Å². The van der Waals surface area contributed by atoms with Crippen molar-refractivity contribution >= 4 is 76.2 Å². The highest BCUT2D eigenvalue weighted by molar-refractivity contribution is 6.25. The normalized spacial score (nSPS) is 13.2. The second-order valence-electron chi connectivity index (χ2n) is 14.0. The fourth-order valence-electron chi connectivity index (χ4n) is 8.16. The molecular formula is C51H29N3O2. The molecule has 0 bridgehead atoms. The van der Waals surface area contributed by atoms with Crippen LogP contribution in [0.15, 0.2) is 185 Å². The van der Waals surface area contributed by atoms with Gasteiger partial charge in [-0.05, 0) is 98.0 Å². The smallest absolute Gasteiger partial charge is 0.164 e. The summed E-state index contributed by atoms with van der Waals surface area (Å²) in [5.41, 5.74) is 6.03. The van der Waals surface area contributed by atoms with Crippen LogP contribution in [0, 0.1) is 0 Å². The van der Waals surface area contributed by atoms with Gasteiger partial charge in [0.05, 0.1) is 6.85 Å². The first-order valence-corrected chi connectivity index (χ1v) is 18.3. The molecule has 5 nitrogen and oxygen atoms in total. The molecule has 0 fully saturated rings. The Kier molecular flexibility index (Phi) is 5.58. The Bertz CT molecular complexity index is 3790.